The van der Waals surface area contributed by atoms with E-state index < -0.39 is 0 Å². The van der Waals surface area contributed by atoms with Crippen LogP contribution in [0.4, 0.5) is 0 Å². The fourth-order valence-electron chi connectivity index (χ4n) is 2.10. The topological polar surface area (TPSA) is 47.0 Å². The average molecular weight is 291 g/mol. The number of aromatic nitrogens is 2. The first-order valence-corrected chi connectivity index (χ1v) is 7.83. The van der Waals surface area contributed by atoms with Crippen LogP contribution in [0, 0.1) is 6.92 Å². The summed E-state index contributed by atoms with van der Waals surface area (Å²) >= 11 is 1.71. The summed E-state index contributed by atoms with van der Waals surface area (Å²) in [6.45, 7) is 7.68. The molecule has 0 aliphatic rings. The molecular weight excluding hydrogens is 270 g/mol. The maximum atomic E-state index is 5.53. The van der Waals surface area contributed by atoms with Crippen molar-refractivity contribution in [3.63, 3.8) is 0 Å². The maximum absolute atomic E-state index is 5.53. The molecule has 5 heteroatoms. The fraction of sp³-hybridized carbons (Fsp3) is 0.467. The van der Waals surface area contributed by atoms with Gasteiger partial charge in [0.05, 0.1) is 17.8 Å². The highest BCUT2D eigenvalue weighted by atomic mass is 32.1. The first kappa shape index (κ1) is 14.9. The van der Waals surface area contributed by atoms with E-state index in [0.717, 1.165) is 35.0 Å². The third kappa shape index (κ3) is 4.02. The van der Waals surface area contributed by atoms with E-state index in [2.05, 4.69) is 33.7 Å². The molecule has 2 aromatic rings. The summed E-state index contributed by atoms with van der Waals surface area (Å²) in [6, 6.07) is 2.28. The van der Waals surface area contributed by atoms with Crippen molar-refractivity contribution >= 4 is 11.3 Å². The zero-order valence-corrected chi connectivity index (χ0v) is 13.0. The molecular formula is C15H21N3OS. The molecule has 1 N–H and O–H groups in total. The molecule has 20 heavy (non-hydrogen) atoms. The van der Waals surface area contributed by atoms with E-state index in [1.165, 1.54) is 0 Å². The van der Waals surface area contributed by atoms with Gasteiger partial charge in [0.1, 0.15) is 5.75 Å². The highest BCUT2D eigenvalue weighted by Crippen LogP contribution is 2.23. The van der Waals surface area contributed by atoms with Gasteiger partial charge in [0.2, 0.25) is 0 Å². The average Bonchev–Trinajstić information content (AvgIpc) is 2.84. The molecule has 2 heterocycles. The molecule has 2 aromatic heterocycles. The van der Waals surface area contributed by atoms with E-state index in [1.54, 1.807) is 17.5 Å². The summed E-state index contributed by atoms with van der Waals surface area (Å²) in [5.41, 5.74) is 2.23. The lowest BCUT2D eigenvalue weighted by molar-refractivity contribution is 0.338. The Labute approximate surface area is 124 Å². The smallest absolute Gasteiger partial charge is 0.137 e. The van der Waals surface area contributed by atoms with Crippen LogP contribution in [-0.2, 0) is 6.42 Å². The molecule has 2 rings (SSSR count). The summed E-state index contributed by atoms with van der Waals surface area (Å²) in [7, 11) is 0. The Hall–Kier alpha value is -1.46. The van der Waals surface area contributed by atoms with Crippen LogP contribution < -0.4 is 10.1 Å². The van der Waals surface area contributed by atoms with Gasteiger partial charge in [-0.1, -0.05) is 6.92 Å². The lowest BCUT2D eigenvalue weighted by Gasteiger charge is -2.17. The molecule has 4 nitrogen and oxygen atoms in total. The highest BCUT2D eigenvalue weighted by molar-refractivity contribution is 7.09. The van der Waals surface area contributed by atoms with Crippen LogP contribution >= 0.6 is 11.3 Å². The van der Waals surface area contributed by atoms with Crippen LogP contribution in [-0.4, -0.2) is 23.1 Å². The lowest BCUT2D eigenvalue weighted by Crippen LogP contribution is -2.23. The highest BCUT2D eigenvalue weighted by Gasteiger charge is 2.14. The third-order valence-corrected chi connectivity index (χ3v) is 3.93. The number of hydrogen-bond donors (Lipinski definition) is 1. The fourth-order valence-corrected chi connectivity index (χ4v) is 2.92. The quantitative estimate of drug-likeness (QED) is 0.851. The normalized spacial score (nSPS) is 12.3. The molecule has 0 radical (unpaired) electrons. The van der Waals surface area contributed by atoms with E-state index in [4.69, 9.17) is 4.74 Å². The van der Waals surface area contributed by atoms with E-state index in [1.807, 2.05) is 20.0 Å². The molecule has 108 valence electrons. The van der Waals surface area contributed by atoms with Crippen LogP contribution in [0.2, 0.25) is 0 Å². The second kappa shape index (κ2) is 7.36. The van der Waals surface area contributed by atoms with Gasteiger partial charge in [0.15, 0.2) is 0 Å². The van der Waals surface area contributed by atoms with Crippen LogP contribution in [0.1, 0.15) is 36.2 Å². The number of likely N-dealkylation sites (N-methyl/N-ethyl adjacent to an activating group) is 1. The first-order chi connectivity index (χ1) is 9.72. The third-order valence-electron chi connectivity index (χ3n) is 2.94. The van der Waals surface area contributed by atoms with Crippen molar-refractivity contribution in [3.05, 3.63) is 40.1 Å². The standard InChI is InChI=1S/C15H21N3OS/c1-4-17-14(7-15-18-11(3)10-20-15)12-6-13(19-5-2)9-16-8-12/h6,8-10,14,17H,4-5,7H2,1-3H3. The number of thiazole rings is 1. The molecule has 0 aliphatic carbocycles. The minimum absolute atomic E-state index is 0.221. The van der Waals surface area contributed by atoms with Crippen molar-refractivity contribution in [2.45, 2.75) is 33.2 Å². The molecule has 0 fully saturated rings. The Morgan fingerprint density at radius 1 is 1.35 bits per heavy atom. The Morgan fingerprint density at radius 2 is 2.20 bits per heavy atom. The van der Waals surface area contributed by atoms with Crippen molar-refractivity contribution in [3.8, 4) is 5.75 Å². The number of nitrogens with zero attached hydrogens (tertiary/aromatic N) is 2. The van der Waals surface area contributed by atoms with Crippen molar-refractivity contribution in [2.75, 3.05) is 13.2 Å². The maximum Gasteiger partial charge on any atom is 0.137 e. The zero-order valence-electron chi connectivity index (χ0n) is 12.2. The van der Waals surface area contributed by atoms with Crippen LogP contribution in [0.15, 0.2) is 23.8 Å². The van der Waals surface area contributed by atoms with E-state index in [0.29, 0.717) is 6.61 Å². The number of pyridine rings is 1. The van der Waals surface area contributed by atoms with Crippen LogP contribution in [0.5, 0.6) is 5.75 Å². The molecule has 1 unspecified atom stereocenters. The van der Waals surface area contributed by atoms with Gasteiger partial charge < -0.3 is 10.1 Å². The largest absolute Gasteiger partial charge is 0.492 e. The summed E-state index contributed by atoms with van der Waals surface area (Å²) in [6.07, 6.45) is 4.53. The van der Waals surface area contributed by atoms with Gasteiger partial charge in [-0.15, -0.1) is 11.3 Å². The summed E-state index contributed by atoms with van der Waals surface area (Å²) in [5.74, 6) is 0.822. The first-order valence-electron chi connectivity index (χ1n) is 6.95. The molecule has 0 spiro atoms. The monoisotopic (exact) mass is 291 g/mol. The van der Waals surface area contributed by atoms with Gasteiger partial charge in [-0.25, -0.2) is 4.98 Å². The molecule has 0 saturated heterocycles. The summed E-state index contributed by atoms with van der Waals surface area (Å²) in [4.78, 5) is 8.82. The molecule has 0 amide bonds. The number of hydrogen-bond acceptors (Lipinski definition) is 5. The van der Waals surface area contributed by atoms with Gasteiger partial charge in [-0.2, -0.15) is 0 Å². The molecule has 0 saturated carbocycles. The Kier molecular flexibility index (Phi) is 5.49. The van der Waals surface area contributed by atoms with Gasteiger partial charge in [-0.05, 0) is 32.0 Å². The van der Waals surface area contributed by atoms with Crippen molar-refractivity contribution in [1.29, 1.82) is 0 Å². The number of rotatable bonds is 7. The summed E-state index contributed by atoms with van der Waals surface area (Å²) < 4.78 is 5.53. The van der Waals surface area contributed by atoms with Gasteiger partial charge in [-0.3, -0.25) is 4.98 Å². The Balaban J connectivity index is 2.16. The minimum atomic E-state index is 0.221. The summed E-state index contributed by atoms with van der Waals surface area (Å²) in [5, 5.41) is 6.74. The molecule has 1 atom stereocenters. The lowest BCUT2D eigenvalue weighted by atomic mass is 10.1. The molecule has 0 aromatic carbocycles. The number of nitrogens with one attached hydrogen (secondary N) is 1. The van der Waals surface area contributed by atoms with Crippen LogP contribution in [0.25, 0.3) is 0 Å². The van der Waals surface area contributed by atoms with Crippen LogP contribution in [0.3, 0.4) is 0 Å². The minimum Gasteiger partial charge on any atom is -0.492 e. The van der Waals surface area contributed by atoms with Crippen molar-refractivity contribution in [2.24, 2.45) is 0 Å². The van der Waals surface area contributed by atoms with Gasteiger partial charge in [0, 0.05) is 29.7 Å². The Morgan fingerprint density at radius 3 is 2.85 bits per heavy atom. The van der Waals surface area contributed by atoms with E-state index in [9.17, 15) is 0 Å². The van der Waals surface area contributed by atoms with Crippen molar-refractivity contribution in [1.82, 2.24) is 15.3 Å². The zero-order chi connectivity index (χ0) is 14.4. The Bertz CT molecular complexity index is 541. The van der Waals surface area contributed by atoms with E-state index in [-0.39, 0.29) is 6.04 Å². The second-order valence-corrected chi connectivity index (χ2v) is 5.53. The van der Waals surface area contributed by atoms with Gasteiger partial charge >= 0.3 is 0 Å². The predicted octanol–water partition coefficient (Wildman–Crippen LogP) is 3.14. The van der Waals surface area contributed by atoms with Crippen molar-refractivity contribution < 1.29 is 4.74 Å². The molecule has 0 bridgehead atoms. The van der Waals surface area contributed by atoms with Gasteiger partial charge in [0.25, 0.3) is 0 Å². The van der Waals surface area contributed by atoms with E-state index >= 15 is 0 Å². The predicted molar refractivity (Wildman–Crippen MR) is 82.4 cm³/mol. The number of aryl methyl sites for hydroxylation is 1. The SMILES string of the molecule is CCNC(Cc1nc(C)cs1)c1cncc(OCC)c1. The second-order valence-electron chi connectivity index (χ2n) is 4.58. The molecule has 0 aliphatic heterocycles. The number of ether oxygens (including phenoxy) is 1.